The number of ether oxygens (including phenoxy) is 1. The maximum absolute atomic E-state index is 6.27. The molecule has 0 atom stereocenters. The van der Waals surface area contributed by atoms with Gasteiger partial charge in [0.2, 0.25) is 0 Å². The van der Waals surface area contributed by atoms with Gasteiger partial charge < -0.3 is 15.0 Å². The Morgan fingerprint density at radius 3 is 2.37 bits per heavy atom. The van der Waals surface area contributed by atoms with Crippen molar-refractivity contribution in [2.45, 2.75) is 6.42 Å². The van der Waals surface area contributed by atoms with E-state index in [9.17, 15) is 0 Å². The van der Waals surface area contributed by atoms with Crippen LogP contribution in [0.2, 0.25) is 10.0 Å². The summed E-state index contributed by atoms with van der Waals surface area (Å²) in [4.78, 5) is 14.3. The molecule has 0 radical (unpaired) electrons. The van der Waals surface area contributed by atoms with E-state index >= 15 is 0 Å². The van der Waals surface area contributed by atoms with E-state index in [2.05, 4.69) is 38.3 Å². The van der Waals surface area contributed by atoms with Crippen LogP contribution in [0.4, 0.5) is 11.4 Å². The zero-order chi connectivity index (χ0) is 26.1. The van der Waals surface area contributed by atoms with Crippen molar-refractivity contribution in [1.29, 1.82) is 0 Å². The Hall–Kier alpha value is -3.32. The Morgan fingerprint density at radius 2 is 1.58 bits per heavy atom. The van der Waals surface area contributed by atoms with Crippen molar-refractivity contribution < 1.29 is 4.74 Å². The number of pyridine rings is 2. The third-order valence-electron chi connectivity index (χ3n) is 7.29. The van der Waals surface area contributed by atoms with Gasteiger partial charge in [0.1, 0.15) is 5.75 Å². The molecule has 1 N–H and O–H groups in total. The summed E-state index contributed by atoms with van der Waals surface area (Å²) in [6.07, 6.45) is 2.92. The second-order valence-corrected chi connectivity index (χ2v) is 10.5. The van der Waals surface area contributed by atoms with E-state index in [1.807, 2.05) is 48.7 Å². The summed E-state index contributed by atoms with van der Waals surface area (Å²) in [5.74, 6) is 0.818. The van der Waals surface area contributed by atoms with E-state index < -0.39 is 0 Å². The number of hydrogen-bond acceptors (Lipinski definition) is 6. The number of aromatic nitrogens is 2. The Balaban J connectivity index is 1.11. The molecule has 2 aromatic heterocycles. The van der Waals surface area contributed by atoms with Crippen LogP contribution in [0.1, 0.15) is 6.42 Å². The van der Waals surface area contributed by atoms with Crippen molar-refractivity contribution in [3.05, 3.63) is 76.9 Å². The molecule has 0 saturated carbocycles. The first-order valence-corrected chi connectivity index (χ1v) is 13.7. The van der Waals surface area contributed by atoms with Gasteiger partial charge in [0.25, 0.3) is 0 Å². The smallest absolute Gasteiger partial charge is 0.119 e. The van der Waals surface area contributed by atoms with Crippen molar-refractivity contribution in [3.8, 4) is 5.75 Å². The zero-order valence-corrected chi connectivity index (χ0v) is 22.8. The van der Waals surface area contributed by atoms with Gasteiger partial charge in [-0.1, -0.05) is 23.2 Å². The average Bonchev–Trinajstić information content (AvgIpc) is 2.94. The first-order valence-electron chi connectivity index (χ1n) is 12.9. The molecule has 1 fully saturated rings. The molecule has 3 aromatic carbocycles. The van der Waals surface area contributed by atoms with E-state index in [4.69, 9.17) is 32.9 Å². The largest absolute Gasteiger partial charge is 0.497 e. The number of halogens is 2. The molecule has 0 unspecified atom stereocenters. The number of nitrogens with one attached hydrogen (secondary N) is 1. The molecule has 5 aromatic rings. The monoisotopic (exact) mass is 545 g/mol. The predicted molar refractivity (Wildman–Crippen MR) is 159 cm³/mol. The maximum Gasteiger partial charge on any atom is 0.119 e. The summed E-state index contributed by atoms with van der Waals surface area (Å²) in [5.41, 5.74) is 5.07. The van der Waals surface area contributed by atoms with Crippen LogP contribution >= 0.6 is 23.2 Å². The lowest BCUT2D eigenvalue weighted by Crippen LogP contribution is -2.46. The van der Waals surface area contributed by atoms with Crippen LogP contribution in [-0.2, 0) is 0 Å². The molecule has 0 amide bonds. The van der Waals surface area contributed by atoms with Gasteiger partial charge in [0.15, 0.2) is 0 Å². The highest BCUT2D eigenvalue weighted by Crippen LogP contribution is 2.34. The number of benzene rings is 3. The van der Waals surface area contributed by atoms with Gasteiger partial charge in [-0.15, -0.1) is 0 Å². The summed E-state index contributed by atoms with van der Waals surface area (Å²) in [6.45, 7) is 5.97. The highest BCUT2D eigenvalue weighted by Gasteiger charge is 2.19. The highest BCUT2D eigenvalue weighted by atomic mass is 35.5. The lowest BCUT2D eigenvalue weighted by molar-refractivity contribution is 0.257. The normalized spacial score (nSPS) is 14.4. The summed E-state index contributed by atoms with van der Waals surface area (Å²) in [7, 11) is 1.69. The number of piperazine rings is 1. The summed E-state index contributed by atoms with van der Waals surface area (Å²) in [5, 5.41) is 8.39. The summed E-state index contributed by atoms with van der Waals surface area (Å²) in [6, 6.07) is 19.9. The van der Waals surface area contributed by atoms with Gasteiger partial charge in [-0.25, -0.2) is 4.98 Å². The molecular weight excluding hydrogens is 517 g/mol. The Kier molecular flexibility index (Phi) is 7.11. The fraction of sp³-hybridized carbons (Fsp3) is 0.267. The van der Waals surface area contributed by atoms with Gasteiger partial charge in [-0.05, 0) is 73.6 Å². The van der Waals surface area contributed by atoms with E-state index in [1.54, 1.807) is 7.11 Å². The highest BCUT2D eigenvalue weighted by molar-refractivity contribution is 6.31. The molecular formula is C30H29Cl2N5O. The Labute approximate surface area is 232 Å². The lowest BCUT2D eigenvalue weighted by Gasteiger charge is -2.36. The van der Waals surface area contributed by atoms with Crippen LogP contribution in [0.15, 0.2) is 66.9 Å². The van der Waals surface area contributed by atoms with E-state index in [-0.39, 0.29) is 0 Å². The summed E-state index contributed by atoms with van der Waals surface area (Å²) >= 11 is 12.4. The maximum atomic E-state index is 6.27. The van der Waals surface area contributed by atoms with E-state index in [0.717, 1.165) is 94.9 Å². The first kappa shape index (κ1) is 25.0. The quantitative estimate of drug-likeness (QED) is 0.178. The summed E-state index contributed by atoms with van der Waals surface area (Å²) < 4.78 is 5.49. The molecule has 8 heteroatoms. The van der Waals surface area contributed by atoms with Crippen LogP contribution in [0.5, 0.6) is 5.75 Å². The third kappa shape index (κ3) is 5.04. The van der Waals surface area contributed by atoms with Gasteiger partial charge in [-0.2, -0.15) is 0 Å². The number of hydrogen-bond donors (Lipinski definition) is 1. The van der Waals surface area contributed by atoms with Crippen molar-refractivity contribution in [2.24, 2.45) is 0 Å². The minimum absolute atomic E-state index is 0.687. The molecule has 38 heavy (non-hydrogen) atoms. The van der Waals surface area contributed by atoms with Crippen LogP contribution in [0, 0.1) is 0 Å². The molecule has 0 bridgehead atoms. The second kappa shape index (κ2) is 10.8. The number of fused-ring (bicyclic) bond motifs is 3. The number of nitrogens with zero attached hydrogens (tertiary/aromatic N) is 4. The molecule has 1 saturated heterocycles. The fourth-order valence-electron chi connectivity index (χ4n) is 5.32. The zero-order valence-electron chi connectivity index (χ0n) is 21.3. The van der Waals surface area contributed by atoms with E-state index in [0.29, 0.717) is 5.02 Å². The van der Waals surface area contributed by atoms with Gasteiger partial charge >= 0.3 is 0 Å². The molecule has 6 rings (SSSR count). The Morgan fingerprint density at radius 1 is 0.816 bits per heavy atom. The Bertz CT molecular complexity index is 1620. The van der Waals surface area contributed by atoms with Gasteiger partial charge in [-0.3, -0.25) is 9.88 Å². The first-order chi connectivity index (χ1) is 18.6. The number of rotatable bonds is 7. The molecule has 0 spiro atoms. The van der Waals surface area contributed by atoms with Crippen LogP contribution in [-0.4, -0.2) is 61.2 Å². The lowest BCUT2D eigenvalue weighted by atomic mass is 10.1. The molecule has 1 aliphatic rings. The standard InChI is InChI=1S/C30H29Cl2N5O/c1-38-22-5-8-26-25(19-22)30(24-7-4-21(32)18-28(24)35-26)34-10-2-12-36-13-15-37(16-14-36)29-9-11-33-27-17-20(31)3-6-23(27)29/h3-9,11,17-19H,2,10,12-16H2,1H3,(H,34,35). The van der Waals surface area contributed by atoms with Gasteiger partial charge in [0.05, 0.1) is 29.3 Å². The molecule has 6 nitrogen and oxygen atoms in total. The van der Waals surface area contributed by atoms with Crippen LogP contribution < -0.4 is 15.0 Å². The average molecular weight is 547 g/mol. The van der Waals surface area contributed by atoms with Crippen molar-refractivity contribution in [3.63, 3.8) is 0 Å². The fourth-order valence-corrected chi connectivity index (χ4v) is 5.66. The molecule has 1 aliphatic heterocycles. The van der Waals surface area contributed by atoms with Crippen LogP contribution in [0.3, 0.4) is 0 Å². The number of methoxy groups -OCH3 is 1. The van der Waals surface area contributed by atoms with Crippen LogP contribution in [0.25, 0.3) is 32.7 Å². The minimum atomic E-state index is 0.687. The van der Waals surface area contributed by atoms with E-state index in [1.165, 1.54) is 5.69 Å². The second-order valence-electron chi connectivity index (χ2n) is 9.63. The van der Waals surface area contributed by atoms with Gasteiger partial charge in [0, 0.05) is 70.8 Å². The molecule has 0 aliphatic carbocycles. The SMILES string of the molecule is COc1ccc2nc3cc(Cl)ccc3c(NCCCN3CCN(c4ccnc5cc(Cl)ccc45)CC3)c2c1. The topological polar surface area (TPSA) is 53.5 Å². The molecule has 194 valence electrons. The van der Waals surface area contributed by atoms with Crippen molar-refractivity contribution in [1.82, 2.24) is 14.9 Å². The number of anilines is 2. The minimum Gasteiger partial charge on any atom is -0.497 e. The van der Waals surface area contributed by atoms with Crippen molar-refractivity contribution >= 4 is 67.3 Å². The molecule has 3 heterocycles. The van der Waals surface area contributed by atoms with Crippen molar-refractivity contribution in [2.75, 3.05) is 56.6 Å². The predicted octanol–water partition coefficient (Wildman–Crippen LogP) is 6.88. The third-order valence-corrected chi connectivity index (χ3v) is 7.76.